The molecule has 3 heterocycles. The number of carbonyl (C=O) groups is 2. The van der Waals surface area contributed by atoms with E-state index in [0.717, 1.165) is 3.57 Å². The molecule has 0 spiro atoms. The maximum Gasteiger partial charge on any atom is 0.332 e. The van der Waals surface area contributed by atoms with Crippen LogP contribution >= 0.6 is 22.6 Å². The summed E-state index contributed by atoms with van der Waals surface area (Å²) in [4.78, 5) is 30.7. The Hall–Kier alpha value is -1.39. The molecule has 2 N–H and O–H groups in total. The van der Waals surface area contributed by atoms with Crippen LogP contribution in [0, 0.1) is 9.49 Å². The fourth-order valence-corrected chi connectivity index (χ4v) is 4.74. The molecule has 23 heavy (non-hydrogen) atoms. The predicted octanol–water partition coefficient (Wildman–Crippen LogP) is 0.348. The van der Waals surface area contributed by atoms with E-state index in [9.17, 15) is 9.59 Å². The number of nitrogens with zero attached hydrogens (tertiary/aromatic N) is 1. The third kappa shape index (κ3) is 1.66. The van der Waals surface area contributed by atoms with E-state index >= 15 is 0 Å². The number of hydroxylamine groups is 1. The van der Waals surface area contributed by atoms with Crippen LogP contribution in [0.25, 0.3) is 0 Å². The van der Waals surface area contributed by atoms with Crippen LogP contribution in [0.15, 0.2) is 24.3 Å². The second-order valence-electron chi connectivity index (χ2n) is 6.33. The smallest absolute Gasteiger partial charge is 0.332 e. The topological polar surface area (TPSA) is 94.4 Å². The zero-order chi connectivity index (χ0) is 15.9. The summed E-state index contributed by atoms with van der Waals surface area (Å²) in [7, 11) is 0. The minimum Gasteiger partial charge on any atom is -0.460 e. The lowest BCUT2D eigenvalue weighted by atomic mass is 9.71. The summed E-state index contributed by atoms with van der Waals surface area (Å²) in [5.74, 6) is -1.41. The Morgan fingerprint density at radius 2 is 2.22 bits per heavy atom. The molecule has 1 saturated carbocycles. The van der Waals surface area contributed by atoms with Gasteiger partial charge in [0.1, 0.15) is 12.2 Å². The van der Waals surface area contributed by atoms with Gasteiger partial charge >= 0.3 is 5.97 Å². The van der Waals surface area contributed by atoms with Crippen molar-refractivity contribution in [1.82, 2.24) is 0 Å². The number of nitrogens with two attached hydrogens (primary N) is 1. The van der Waals surface area contributed by atoms with Gasteiger partial charge in [0.2, 0.25) is 5.60 Å². The highest BCUT2D eigenvalue weighted by Gasteiger charge is 2.79. The molecule has 0 bridgehead atoms. The Morgan fingerprint density at radius 3 is 2.96 bits per heavy atom. The molecule has 0 aromatic heterocycles. The van der Waals surface area contributed by atoms with Gasteiger partial charge < -0.3 is 15.2 Å². The van der Waals surface area contributed by atoms with Gasteiger partial charge in [0, 0.05) is 9.99 Å². The second-order valence-corrected chi connectivity index (χ2v) is 7.58. The lowest BCUT2D eigenvalue weighted by Gasteiger charge is -2.33. The van der Waals surface area contributed by atoms with Crippen molar-refractivity contribution in [2.24, 2.45) is 11.7 Å². The van der Waals surface area contributed by atoms with Crippen molar-refractivity contribution in [3.63, 3.8) is 0 Å². The number of hydrogen-bond acceptors (Lipinski definition) is 6. The van der Waals surface area contributed by atoms with Crippen molar-refractivity contribution < 1.29 is 23.9 Å². The number of benzene rings is 1. The molecule has 6 atom stereocenters. The van der Waals surface area contributed by atoms with Crippen molar-refractivity contribution in [2.75, 3.05) is 5.06 Å². The maximum absolute atomic E-state index is 12.4. The van der Waals surface area contributed by atoms with Gasteiger partial charge in [-0.25, -0.2) is 9.86 Å². The number of esters is 1. The van der Waals surface area contributed by atoms with E-state index in [1.165, 1.54) is 5.06 Å². The van der Waals surface area contributed by atoms with Crippen LogP contribution in [0.4, 0.5) is 5.69 Å². The zero-order valence-electron chi connectivity index (χ0n) is 11.8. The summed E-state index contributed by atoms with van der Waals surface area (Å²) < 4.78 is 12.1. The summed E-state index contributed by atoms with van der Waals surface area (Å²) in [6.07, 6.45) is -0.329. The number of epoxide rings is 1. The number of carbonyl (C=O) groups excluding carboxylic acids is 2. The SMILES string of the molecule is NC(=O)[C@]12ON(c3cccc(I)c3)[C@@H]3C(=O)O[C@H](C[C@H]4O[C@H]41)[C@@H]32. The monoisotopic (exact) mass is 428 g/mol. The summed E-state index contributed by atoms with van der Waals surface area (Å²) in [6, 6.07) is 6.86. The number of rotatable bonds is 2. The number of amides is 1. The van der Waals surface area contributed by atoms with Crippen molar-refractivity contribution >= 4 is 40.2 Å². The molecule has 1 aliphatic carbocycles. The summed E-state index contributed by atoms with van der Waals surface area (Å²) >= 11 is 2.18. The largest absolute Gasteiger partial charge is 0.460 e. The van der Waals surface area contributed by atoms with E-state index in [1.807, 2.05) is 24.3 Å². The van der Waals surface area contributed by atoms with Crippen LogP contribution in [-0.4, -0.2) is 41.8 Å². The van der Waals surface area contributed by atoms with Gasteiger partial charge in [-0.1, -0.05) is 6.07 Å². The van der Waals surface area contributed by atoms with Crippen LogP contribution in [0.3, 0.4) is 0 Å². The average Bonchev–Trinajstić information content (AvgIpc) is 3.07. The molecule has 0 unspecified atom stereocenters. The first-order valence-electron chi connectivity index (χ1n) is 7.42. The molecule has 0 radical (unpaired) electrons. The van der Waals surface area contributed by atoms with Crippen LogP contribution in [0.2, 0.25) is 0 Å². The molecular formula is C15H13IN2O5. The van der Waals surface area contributed by atoms with E-state index in [2.05, 4.69) is 22.6 Å². The Kier molecular flexibility index (Phi) is 2.66. The Morgan fingerprint density at radius 1 is 1.39 bits per heavy atom. The third-order valence-electron chi connectivity index (χ3n) is 5.16. The molecule has 8 heteroatoms. The van der Waals surface area contributed by atoms with E-state index in [4.69, 9.17) is 20.0 Å². The minimum absolute atomic E-state index is 0.133. The quantitative estimate of drug-likeness (QED) is 0.415. The molecule has 4 aliphatic rings. The molecule has 3 saturated heterocycles. The Bertz CT molecular complexity index is 742. The number of ether oxygens (including phenoxy) is 2. The first-order valence-corrected chi connectivity index (χ1v) is 8.50. The average molecular weight is 428 g/mol. The van der Waals surface area contributed by atoms with Crippen molar-refractivity contribution in [3.8, 4) is 0 Å². The van der Waals surface area contributed by atoms with Gasteiger partial charge in [0.05, 0.1) is 17.7 Å². The highest BCUT2D eigenvalue weighted by atomic mass is 127. The summed E-state index contributed by atoms with van der Waals surface area (Å²) in [6.45, 7) is 0. The summed E-state index contributed by atoms with van der Waals surface area (Å²) in [5, 5.41) is 1.49. The lowest BCUT2D eigenvalue weighted by molar-refractivity contribution is -0.160. The van der Waals surface area contributed by atoms with E-state index in [0.29, 0.717) is 12.1 Å². The molecule has 5 rings (SSSR count). The maximum atomic E-state index is 12.4. The number of anilines is 1. The number of primary amides is 1. The number of halogens is 1. The van der Waals surface area contributed by atoms with E-state index in [-0.39, 0.29) is 12.1 Å². The normalized spacial score (nSPS) is 42.9. The third-order valence-corrected chi connectivity index (χ3v) is 5.84. The van der Waals surface area contributed by atoms with E-state index < -0.39 is 35.7 Å². The molecule has 120 valence electrons. The molecule has 1 amide bonds. The summed E-state index contributed by atoms with van der Waals surface area (Å²) in [5.41, 5.74) is 5.06. The molecule has 7 nitrogen and oxygen atoms in total. The molecule has 3 aliphatic heterocycles. The lowest BCUT2D eigenvalue weighted by Crippen LogP contribution is -2.59. The van der Waals surface area contributed by atoms with Gasteiger partial charge in [0.15, 0.2) is 6.04 Å². The highest BCUT2D eigenvalue weighted by Crippen LogP contribution is 2.58. The Labute approximate surface area is 145 Å². The van der Waals surface area contributed by atoms with Crippen molar-refractivity contribution in [1.29, 1.82) is 0 Å². The zero-order valence-corrected chi connectivity index (χ0v) is 14.0. The number of hydrogen-bond donors (Lipinski definition) is 1. The first kappa shape index (κ1) is 14.0. The van der Waals surface area contributed by atoms with Crippen LogP contribution in [0.5, 0.6) is 0 Å². The fourth-order valence-electron chi connectivity index (χ4n) is 4.22. The van der Waals surface area contributed by atoms with Gasteiger partial charge in [-0.05, 0) is 40.8 Å². The molecule has 4 fully saturated rings. The van der Waals surface area contributed by atoms with Crippen LogP contribution in [-0.2, 0) is 23.9 Å². The Balaban J connectivity index is 1.65. The van der Waals surface area contributed by atoms with Gasteiger partial charge in [-0.2, -0.15) is 0 Å². The van der Waals surface area contributed by atoms with Crippen LogP contribution in [0.1, 0.15) is 6.42 Å². The highest BCUT2D eigenvalue weighted by molar-refractivity contribution is 14.1. The standard InChI is InChI=1S/C15H13IN2O5/c16-6-2-1-3-7(4-6)18-11-10-8(22-13(11)19)5-9-12(21-9)15(10,23-18)14(17)20/h1-4,8-12H,5H2,(H2,17,20)/t8-,9-,10+,11+,12-,15-/m1/s1. The predicted molar refractivity (Wildman–Crippen MR) is 85.1 cm³/mol. The number of fused-ring (bicyclic) bond motifs is 2. The van der Waals surface area contributed by atoms with Gasteiger partial charge in [-0.15, -0.1) is 0 Å². The molecular weight excluding hydrogens is 415 g/mol. The fraction of sp³-hybridized carbons (Fsp3) is 0.467. The first-order chi connectivity index (χ1) is 11.0. The van der Waals surface area contributed by atoms with Crippen molar-refractivity contribution in [2.45, 2.75) is 36.4 Å². The van der Waals surface area contributed by atoms with Crippen LogP contribution < -0.4 is 10.8 Å². The second kappa shape index (κ2) is 4.37. The minimum atomic E-state index is -1.33. The molecule has 1 aromatic rings. The van der Waals surface area contributed by atoms with E-state index in [1.54, 1.807) is 0 Å². The van der Waals surface area contributed by atoms with Gasteiger partial charge in [0.25, 0.3) is 5.91 Å². The van der Waals surface area contributed by atoms with Crippen molar-refractivity contribution in [3.05, 3.63) is 27.8 Å². The molecule has 1 aromatic carbocycles. The van der Waals surface area contributed by atoms with Gasteiger partial charge in [-0.3, -0.25) is 9.63 Å².